The van der Waals surface area contributed by atoms with Gasteiger partial charge in [0.15, 0.2) is 18.9 Å². The number of hydrogen-bond acceptors (Lipinski definition) is 18. The van der Waals surface area contributed by atoms with E-state index in [2.05, 4.69) is 79.9 Å². The summed E-state index contributed by atoms with van der Waals surface area (Å²) >= 11 is 0. The zero-order valence-corrected chi connectivity index (χ0v) is 69.2. The summed E-state index contributed by atoms with van der Waals surface area (Å²) in [6.45, 7) is 1.75. The van der Waals surface area contributed by atoms with E-state index in [1.54, 1.807) is 6.08 Å². The minimum absolute atomic E-state index is 0.232. The van der Waals surface area contributed by atoms with E-state index in [9.17, 15) is 61.0 Å². The van der Waals surface area contributed by atoms with E-state index in [-0.39, 0.29) is 18.9 Å². The van der Waals surface area contributed by atoms with Crippen molar-refractivity contribution in [3.8, 4) is 0 Å². The van der Waals surface area contributed by atoms with E-state index in [0.29, 0.717) is 12.8 Å². The third kappa shape index (κ3) is 48.7. The Morgan fingerprint density at radius 2 is 0.609 bits per heavy atom. The fourth-order valence-electron chi connectivity index (χ4n) is 15.0. The highest BCUT2D eigenvalue weighted by molar-refractivity contribution is 5.76. The van der Waals surface area contributed by atoms with Crippen molar-refractivity contribution in [2.45, 2.75) is 471 Å². The van der Waals surface area contributed by atoms with Crippen LogP contribution in [0.4, 0.5) is 0 Å². The molecule has 19 heteroatoms. The van der Waals surface area contributed by atoms with Gasteiger partial charge in [-0.3, -0.25) is 4.79 Å². The van der Waals surface area contributed by atoms with Crippen LogP contribution in [0.2, 0.25) is 0 Å². The van der Waals surface area contributed by atoms with Crippen molar-refractivity contribution in [2.24, 2.45) is 0 Å². The molecule has 1 amide bonds. The van der Waals surface area contributed by atoms with Gasteiger partial charge in [0.1, 0.15) is 73.2 Å². The Labute approximate surface area is 668 Å². The van der Waals surface area contributed by atoms with Crippen LogP contribution in [0.5, 0.6) is 0 Å². The molecule has 0 spiro atoms. The summed E-state index contributed by atoms with van der Waals surface area (Å²) < 4.78 is 34.5. The molecule has 0 aliphatic carbocycles. The average molecular weight is 1560 g/mol. The van der Waals surface area contributed by atoms with Crippen LogP contribution in [0.15, 0.2) is 72.9 Å². The van der Waals surface area contributed by atoms with Crippen molar-refractivity contribution < 1.29 is 89.4 Å². The summed E-state index contributed by atoms with van der Waals surface area (Å²) in [4.78, 5) is 13.5. The van der Waals surface area contributed by atoms with Crippen LogP contribution in [-0.4, -0.2) is 193 Å². The molecule has 110 heavy (non-hydrogen) atoms. The van der Waals surface area contributed by atoms with Crippen LogP contribution < -0.4 is 5.32 Å². The SMILES string of the molecule is CCCCCCC/C=C\C/C=C\C/C=C\CCCCCCCCCCCCCCCCCCCCCCC(=O)NC(COC1OC(CO)C(OC2OC(CO)C(OC3OC(CO)C(O)C(O)C3O)C(O)C2O)C(O)C1O)C(O)/C=C/CC/C=C/CC/C=C/CCCCCCCCCCCCCCCCCCCCCC. The highest BCUT2D eigenvalue weighted by Gasteiger charge is 2.54. The fraction of sp³-hybridized carbons (Fsp3) is 0.857. The van der Waals surface area contributed by atoms with E-state index < -0.39 is 124 Å². The molecule has 0 aromatic rings. The van der Waals surface area contributed by atoms with Crippen LogP contribution in [0.3, 0.4) is 0 Å². The number of aliphatic hydroxyl groups is 11. The summed E-state index contributed by atoms with van der Waals surface area (Å²) in [6, 6.07) is -1.00. The molecule has 0 bridgehead atoms. The van der Waals surface area contributed by atoms with Gasteiger partial charge in [-0.2, -0.15) is 0 Å². The number of unbranched alkanes of at least 4 members (excludes halogenated alkanes) is 47. The quantitative estimate of drug-likeness (QED) is 0.0199. The molecule has 3 aliphatic heterocycles. The Hall–Kier alpha value is -2.77. The molecule has 3 saturated heterocycles. The van der Waals surface area contributed by atoms with E-state index in [1.807, 2.05) is 6.08 Å². The van der Waals surface area contributed by atoms with Gasteiger partial charge in [-0.1, -0.05) is 350 Å². The minimum Gasteiger partial charge on any atom is -0.394 e. The lowest BCUT2D eigenvalue weighted by molar-refractivity contribution is -0.379. The van der Waals surface area contributed by atoms with Gasteiger partial charge in [0.2, 0.25) is 5.91 Å². The first kappa shape index (κ1) is 101. The van der Waals surface area contributed by atoms with Crippen molar-refractivity contribution in [3.63, 3.8) is 0 Å². The van der Waals surface area contributed by atoms with Crippen molar-refractivity contribution in [1.29, 1.82) is 0 Å². The van der Waals surface area contributed by atoms with Gasteiger partial charge in [0, 0.05) is 6.42 Å². The lowest BCUT2D eigenvalue weighted by Gasteiger charge is -2.48. The molecule has 0 aromatic heterocycles. The second-order valence-corrected chi connectivity index (χ2v) is 32.0. The molecule has 12 N–H and O–H groups in total. The van der Waals surface area contributed by atoms with Crippen LogP contribution in [0.1, 0.15) is 367 Å². The normalized spacial score (nSPS) is 25.5. The Bertz CT molecular complexity index is 2270. The first-order chi connectivity index (χ1) is 53.8. The number of allylic oxidation sites excluding steroid dienone is 11. The first-order valence-electron chi connectivity index (χ1n) is 45.2. The zero-order valence-electron chi connectivity index (χ0n) is 69.2. The third-order valence-electron chi connectivity index (χ3n) is 22.2. The largest absolute Gasteiger partial charge is 0.394 e. The van der Waals surface area contributed by atoms with Gasteiger partial charge in [0.25, 0.3) is 0 Å². The van der Waals surface area contributed by atoms with Crippen molar-refractivity contribution >= 4 is 5.91 Å². The summed E-state index contributed by atoms with van der Waals surface area (Å²) in [5.74, 6) is -0.285. The van der Waals surface area contributed by atoms with E-state index >= 15 is 0 Å². The molecule has 17 atom stereocenters. The minimum atomic E-state index is -1.99. The Morgan fingerprint density at radius 3 is 0.973 bits per heavy atom. The third-order valence-corrected chi connectivity index (χ3v) is 22.2. The van der Waals surface area contributed by atoms with Gasteiger partial charge in [-0.25, -0.2) is 0 Å². The monoisotopic (exact) mass is 1560 g/mol. The molecule has 19 nitrogen and oxygen atoms in total. The fourth-order valence-corrected chi connectivity index (χ4v) is 15.0. The summed E-state index contributed by atoms with van der Waals surface area (Å²) in [6.07, 6.45) is 67.7. The number of carbonyl (C=O) groups excluding carboxylic acids is 1. The van der Waals surface area contributed by atoms with E-state index in [4.69, 9.17) is 28.4 Å². The molecule has 17 unspecified atom stereocenters. The highest BCUT2D eigenvalue weighted by atomic mass is 16.8. The standard InChI is InChI=1S/C91H165NO18/c1-3-5-7-9-11-13-15-17-19-21-23-25-27-29-31-33-35-36-37-38-39-41-43-45-47-49-51-53-55-57-59-61-63-65-67-69-79(97)92-74(75(96)68-66-64-62-60-58-56-54-52-50-48-46-44-42-40-34-32-30-28-26-24-22-20-18-16-14-12-10-8-6-4-2)73-105-89-85(103)82(100)87(77(71-94)107-89)110-91-86(104)83(101)88(78(72-95)108-91)109-90-84(102)81(99)80(98)76(70-93)106-90/h15,17,21,23,27,29,50,52,58,60,66,68,74-78,80-91,93-96,98-104H,3-14,16,18-20,22,24-26,28,30-49,51,53-57,59,61-65,67,69-73H2,1-2H3,(H,92,97)/b17-15-,23-21-,29-27-,52-50+,60-58+,68-66+. The predicted octanol–water partition coefficient (Wildman–Crippen LogP) is 17.1. The van der Waals surface area contributed by atoms with E-state index in [1.165, 1.54) is 276 Å². The van der Waals surface area contributed by atoms with Gasteiger partial charge in [0.05, 0.1) is 38.6 Å². The number of nitrogens with one attached hydrogen (secondary N) is 1. The number of aliphatic hydroxyl groups excluding tert-OH is 11. The summed E-state index contributed by atoms with van der Waals surface area (Å²) in [5.41, 5.74) is 0. The maximum absolute atomic E-state index is 13.5. The molecular formula is C91H165NO18. The molecule has 0 aromatic carbocycles. The molecule has 3 aliphatic rings. The van der Waals surface area contributed by atoms with Crippen LogP contribution in [-0.2, 0) is 33.2 Å². The lowest BCUT2D eigenvalue weighted by atomic mass is 9.96. The second-order valence-electron chi connectivity index (χ2n) is 32.0. The maximum atomic E-state index is 13.5. The number of ether oxygens (including phenoxy) is 6. The molecule has 3 heterocycles. The van der Waals surface area contributed by atoms with Crippen molar-refractivity contribution in [1.82, 2.24) is 5.32 Å². The predicted molar refractivity (Wildman–Crippen MR) is 443 cm³/mol. The topological polar surface area (TPSA) is 307 Å². The molecule has 0 radical (unpaired) electrons. The van der Waals surface area contributed by atoms with Gasteiger partial charge < -0.3 is 89.9 Å². The smallest absolute Gasteiger partial charge is 0.220 e. The number of rotatable bonds is 73. The van der Waals surface area contributed by atoms with E-state index in [0.717, 1.165) is 57.8 Å². The molecule has 3 fully saturated rings. The second kappa shape index (κ2) is 70.4. The van der Waals surface area contributed by atoms with Crippen LogP contribution in [0.25, 0.3) is 0 Å². The Morgan fingerprint density at radius 1 is 0.327 bits per heavy atom. The lowest BCUT2D eigenvalue weighted by Crippen LogP contribution is -2.66. The summed E-state index contributed by atoms with van der Waals surface area (Å²) in [5, 5.41) is 121. The molecule has 3 rings (SSSR count). The molecule has 642 valence electrons. The van der Waals surface area contributed by atoms with Crippen LogP contribution >= 0.6 is 0 Å². The highest BCUT2D eigenvalue weighted by Crippen LogP contribution is 2.34. The number of hydrogen-bond donors (Lipinski definition) is 12. The molecular weight excluding hydrogens is 1390 g/mol. The average Bonchev–Trinajstić information content (AvgIpc) is 0.795. The Kier molecular flexibility index (Phi) is 64.9. The molecule has 0 saturated carbocycles. The number of carbonyl (C=O) groups is 1. The van der Waals surface area contributed by atoms with Gasteiger partial charge >= 0.3 is 0 Å². The van der Waals surface area contributed by atoms with Crippen LogP contribution in [0, 0.1) is 0 Å². The van der Waals surface area contributed by atoms with Gasteiger partial charge in [-0.15, -0.1) is 0 Å². The maximum Gasteiger partial charge on any atom is 0.220 e. The first-order valence-corrected chi connectivity index (χ1v) is 45.2. The number of amides is 1. The van der Waals surface area contributed by atoms with Crippen molar-refractivity contribution in [2.75, 3.05) is 26.4 Å². The Balaban J connectivity index is 1.34. The van der Waals surface area contributed by atoms with Gasteiger partial charge in [-0.05, 0) is 83.5 Å². The summed E-state index contributed by atoms with van der Waals surface area (Å²) in [7, 11) is 0. The zero-order chi connectivity index (χ0) is 79.5. The van der Waals surface area contributed by atoms with Crippen molar-refractivity contribution in [3.05, 3.63) is 72.9 Å².